The predicted octanol–water partition coefficient (Wildman–Crippen LogP) is 5.19. The number of nitrogens with zero attached hydrogens (tertiary/aromatic N) is 1. The van der Waals surface area contributed by atoms with Crippen LogP contribution in [0, 0.1) is 4.77 Å². The van der Waals surface area contributed by atoms with Gasteiger partial charge in [0.05, 0.1) is 11.0 Å². The highest BCUT2D eigenvalue weighted by molar-refractivity contribution is 9.10. The zero-order valence-electron chi connectivity index (χ0n) is 11.5. The largest absolute Gasteiger partial charge is 0.331 e. The second kappa shape index (κ2) is 5.11. The molecule has 0 saturated carbocycles. The summed E-state index contributed by atoms with van der Waals surface area (Å²) in [5.41, 5.74) is 5.25. The van der Waals surface area contributed by atoms with Crippen molar-refractivity contribution in [3.63, 3.8) is 0 Å². The Morgan fingerprint density at radius 2 is 1.95 bits per heavy atom. The van der Waals surface area contributed by atoms with E-state index >= 15 is 0 Å². The fourth-order valence-corrected chi connectivity index (χ4v) is 4.06. The van der Waals surface area contributed by atoms with Crippen LogP contribution in [-0.2, 0) is 12.8 Å². The Balaban J connectivity index is 1.83. The first kappa shape index (κ1) is 13.3. The van der Waals surface area contributed by atoms with Crippen molar-refractivity contribution < 1.29 is 0 Å². The second-order valence-corrected chi connectivity index (χ2v) is 6.93. The monoisotopic (exact) mass is 358 g/mol. The summed E-state index contributed by atoms with van der Waals surface area (Å²) in [6.45, 7) is 0. The molecule has 0 saturated heterocycles. The van der Waals surface area contributed by atoms with Gasteiger partial charge in [-0.05, 0) is 60.8 Å². The standard InChI is InChI=1S/C17H15BrN2S/c18-13-6-8-15-16(10-13)20(17(21)19-15)14-7-5-11-3-1-2-4-12(11)9-14/h1-4,6,8,10,14H,5,7,9H2,(H,19,21). The molecular formula is C17H15BrN2S. The van der Waals surface area contributed by atoms with E-state index in [0.29, 0.717) is 6.04 Å². The van der Waals surface area contributed by atoms with Crippen LogP contribution in [0.4, 0.5) is 0 Å². The summed E-state index contributed by atoms with van der Waals surface area (Å²) in [6, 6.07) is 15.5. The maximum atomic E-state index is 5.57. The van der Waals surface area contributed by atoms with Crippen molar-refractivity contribution in [3.8, 4) is 0 Å². The van der Waals surface area contributed by atoms with Crippen LogP contribution in [0.15, 0.2) is 46.9 Å². The topological polar surface area (TPSA) is 20.7 Å². The van der Waals surface area contributed by atoms with Gasteiger partial charge in [-0.25, -0.2) is 0 Å². The lowest BCUT2D eigenvalue weighted by molar-refractivity contribution is 0.448. The van der Waals surface area contributed by atoms with Gasteiger partial charge in [-0.2, -0.15) is 0 Å². The molecule has 2 aromatic carbocycles. The minimum absolute atomic E-state index is 0.440. The number of benzene rings is 2. The van der Waals surface area contributed by atoms with E-state index in [1.807, 2.05) is 6.07 Å². The Kier molecular flexibility index (Phi) is 3.23. The van der Waals surface area contributed by atoms with Crippen LogP contribution < -0.4 is 0 Å². The van der Waals surface area contributed by atoms with Crippen LogP contribution in [0.3, 0.4) is 0 Å². The Hall–Kier alpha value is -1.39. The molecule has 0 bridgehead atoms. The van der Waals surface area contributed by atoms with Crippen molar-refractivity contribution in [1.82, 2.24) is 9.55 Å². The molecule has 2 nitrogen and oxygen atoms in total. The third-order valence-corrected chi connectivity index (χ3v) is 5.16. The van der Waals surface area contributed by atoms with Gasteiger partial charge in [0.15, 0.2) is 4.77 Å². The molecule has 0 radical (unpaired) electrons. The number of aryl methyl sites for hydroxylation is 1. The lowest BCUT2D eigenvalue weighted by atomic mass is 9.88. The summed E-state index contributed by atoms with van der Waals surface area (Å²) in [7, 11) is 0. The maximum Gasteiger partial charge on any atom is 0.178 e. The smallest absolute Gasteiger partial charge is 0.178 e. The van der Waals surface area contributed by atoms with Crippen LogP contribution in [0.5, 0.6) is 0 Å². The molecule has 0 amide bonds. The van der Waals surface area contributed by atoms with Crippen LogP contribution in [-0.4, -0.2) is 9.55 Å². The minimum atomic E-state index is 0.440. The normalized spacial score (nSPS) is 17.9. The predicted molar refractivity (Wildman–Crippen MR) is 92.3 cm³/mol. The first-order valence-electron chi connectivity index (χ1n) is 7.19. The first-order chi connectivity index (χ1) is 10.2. The quantitative estimate of drug-likeness (QED) is 0.593. The van der Waals surface area contributed by atoms with Crippen LogP contribution in [0.1, 0.15) is 23.6 Å². The van der Waals surface area contributed by atoms with Gasteiger partial charge in [-0.3, -0.25) is 0 Å². The third kappa shape index (κ3) is 2.27. The summed E-state index contributed by atoms with van der Waals surface area (Å²) in [5, 5.41) is 0. The molecule has 0 fully saturated rings. The Morgan fingerprint density at radius 1 is 1.14 bits per heavy atom. The number of aromatic amines is 1. The van der Waals surface area contributed by atoms with Crippen molar-refractivity contribution in [3.05, 3.63) is 62.8 Å². The molecule has 3 aromatic rings. The van der Waals surface area contributed by atoms with E-state index in [1.54, 1.807) is 0 Å². The average molecular weight is 359 g/mol. The Labute approximate surface area is 136 Å². The number of imidazole rings is 1. The zero-order valence-corrected chi connectivity index (χ0v) is 13.9. The van der Waals surface area contributed by atoms with E-state index in [0.717, 1.165) is 34.0 Å². The number of H-pyrrole nitrogens is 1. The van der Waals surface area contributed by atoms with Gasteiger partial charge in [0.1, 0.15) is 0 Å². The van der Waals surface area contributed by atoms with Gasteiger partial charge in [-0.15, -0.1) is 0 Å². The third-order valence-electron chi connectivity index (χ3n) is 4.37. The molecular weight excluding hydrogens is 344 g/mol. The maximum absolute atomic E-state index is 5.57. The number of halogens is 1. The minimum Gasteiger partial charge on any atom is -0.331 e. The highest BCUT2D eigenvalue weighted by Crippen LogP contribution is 2.32. The van der Waals surface area contributed by atoms with E-state index in [-0.39, 0.29) is 0 Å². The van der Waals surface area contributed by atoms with Crippen LogP contribution >= 0.6 is 28.1 Å². The van der Waals surface area contributed by atoms with Gasteiger partial charge in [0.2, 0.25) is 0 Å². The molecule has 4 heteroatoms. The summed E-state index contributed by atoms with van der Waals surface area (Å²) in [4.78, 5) is 3.33. The number of hydrogen-bond acceptors (Lipinski definition) is 1. The fraction of sp³-hybridized carbons (Fsp3) is 0.235. The number of fused-ring (bicyclic) bond motifs is 2. The number of aromatic nitrogens is 2. The van der Waals surface area contributed by atoms with Gasteiger partial charge < -0.3 is 9.55 Å². The van der Waals surface area contributed by atoms with Crippen molar-refractivity contribution in [2.45, 2.75) is 25.3 Å². The van der Waals surface area contributed by atoms with Gasteiger partial charge in [0, 0.05) is 10.5 Å². The number of nitrogens with one attached hydrogen (secondary N) is 1. The molecule has 0 spiro atoms. The number of hydrogen-bond donors (Lipinski definition) is 1. The first-order valence-corrected chi connectivity index (χ1v) is 8.39. The Morgan fingerprint density at radius 3 is 2.81 bits per heavy atom. The molecule has 1 aliphatic carbocycles. The molecule has 1 aliphatic rings. The van der Waals surface area contributed by atoms with Crippen molar-refractivity contribution in [2.24, 2.45) is 0 Å². The molecule has 1 aromatic heterocycles. The molecule has 1 atom stereocenters. The van der Waals surface area contributed by atoms with Crippen molar-refractivity contribution in [1.29, 1.82) is 0 Å². The van der Waals surface area contributed by atoms with E-state index in [4.69, 9.17) is 12.2 Å². The molecule has 106 valence electrons. The molecule has 1 heterocycles. The second-order valence-electron chi connectivity index (χ2n) is 5.63. The molecule has 21 heavy (non-hydrogen) atoms. The molecule has 1 N–H and O–H groups in total. The average Bonchev–Trinajstić information content (AvgIpc) is 2.82. The van der Waals surface area contributed by atoms with Crippen LogP contribution in [0.25, 0.3) is 11.0 Å². The van der Waals surface area contributed by atoms with Crippen LogP contribution in [0.2, 0.25) is 0 Å². The molecule has 4 rings (SSSR count). The SMILES string of the molecule is S=c1[nH]c2ccc(Br)cc2n1C1CCc2ccccc2C1. The lowest BCUT2D eigenvalue weighted by Gasteiger charge is -2.26. The van der Waals surface area contributed by atoms with Crippen molar-refractivity contribution in [2.75, 3.05) is 0 Å². The van der Waals surface area contributed by atoms with E-state index in [1.165, 1.54) is 16.6 Å². The molecule has 0 aliphatic heterocycles. The molecule has 1 unspecified atom stereocenters. The number of rotatable bonds is 1. The van der Waals surface area contributed by atoms with E-state index in [2.05, 4.69) is 61.9 Å². The van der Waals surface area contributed by atoms with Gasteiger partial charge in [-0.1, -0.05) is 40.2 Å². The highest BCUT2D eigenvalue weighted by Gasteiger charge is 2.22. The van der Waals surface area contributed by atoms with Gasteiger partial charge in [0.25, 0.3) is 0 Å². The fourth-order valence-electron chi connectivity index (χ4n) is 3.36. The van der Waals surface area contributed by atoms with E-state index in [9.17, 15) is 0 Å². The highest BCUT2D eigenvalue weighted by atomic mass is 79.9. The Bertz CT molecular complexity index is 878. The summed E-state index contributed by atoms with van der Waals surface area (Å²) in [5.74, 6) is 0. The van der Waals surface area contributed by atoms with Crippen molar-refractivity contribution >= 4 is 39.2 Å². The summed E-state index contributed by atoms with van der Waals surface area (Å²) < 4.78 is 4.21. The summed E-state index contributed by atoms with van der Waals surface area (Å²) in [6.07, 6.45) is 3.33. The lowest BCUT2D eigenvalue weighted by Crippen LogP contribution is -2.18. The van der Waals surface area contributed by atoms with Gasteiger partial charge >= 0.3 is 0 Å². The summed E-state index contributed by atoms with van der Waals surface area (Å²) >= 11 is 9.13. The zero-order chi connectivity index (χ0) is 14.4. The van der Waals surface area contributed by atoms with E-state index < -0.39 is 0 Å².